The monoisotopic (exact) mass is 318 g/mol. The lowest BCUT2D eigenvalue weighted by Crippen LogP contribution is -2.32. The number of anilines is 1. The number of nitrogens with zero attached hydrogens (tertiary/aromatic N) is 2. The zero-order valence-electron chi connectivity index (χ0n) is 14.0. The second-order valence-corrected chi connectivity index (χ2v) is 6.33. The van der Waals surface area contributed by atoms with Gasteiger partial charge in [-0.05, 0) is 37.0 Å². The van der Waals surface area contributed by atoms with Crippen LogP contribution in [0.25, 0.3) is 10.8 Å². The molecule has 0 amide bonds. The lowest BCUT2D eigenvalue weighted by atomic mass is 10.0. The summed E-state index contributed by atoms with van der Waals surface area (Å²) in [6, 6.07) is 17.0. The van der Waals surface area contributed by atoms with Gasteiger partial charge in [0.05, 0.1) is 18.5 Å². The van der Waals surface area contributed by atoms with E-state index in [0.29, 0.717) is 0 Å². The second-order valence-electron chi connectivity index (χ2n) is 6.33. The van der Waals surface area contributed by atoms with Gasteiger partial charge in [0.25, 0.3) is 0 Å². The molecule has 0 spiro atoms. The first kappa shape index (κ1) is 15.0. The molecule has 0 saturated carbocycles. The molecule has 2 heterocycles. The number of hydrogen-bond donors (Lipinski definition) is 0. The van der Waals surface area contributed by atoms with Gasteiger partial charge in [0.2, 0.25) is 0 Å². The van der Waals surface area contributed by atoms with Gasteiger partial charge in [-0.25, -0.2) is 0 Å². The van der Waals surface area contributed by atoms with E-state index in [4.69, 9.17) is 9.72 Å². The van der Waals surface area contributed by atoms with Crippen LogP contribution in [0.4, 0.5) is 5.69 Å². The predicted octanol–water partition coefficient (Wildman–Crippen LogP) is 4.24. The van der Waals surface area contributed by atoms with E-state index in [0.717, 1.165) is 31.7 Å². The van der Waals surface area contributed by atoms with Gasteiger partial charge in [-0.3, -0.25) is 4.98 Å². The molecule has 0 fully saturated rings. The summed E-state index contributed by atoms with van der Waals surface area (Å²) in [7, 11) is 1.71. The van der Waals surface area contributed by atoms with Crippen LogP contribution in [0.2, 0.25) is 0 Å². The van der Waals surface area contributed by atoms with E-state index in [1.54, 1.807) is 7.11 Å². The Morgan fingerprint density at radius 2 is 1.92 bits per heavy atom. The van der Waals surface area contributed by atoms with Crippen molar-refractivity contribution >= 4 is 16.5 Å². The normalized spacial score (nSPS) is 13.8. The number of ether oxygens (including phenoxy) is 1. The van der Waals surface area contributed by atoms with Crippen molar-refractivity contribution in [3.8, 4) is 5.75 Å². The molecule has 2 aromatic carbocycles. The highest BCUT2D eigenvalue weighted by atomic mass is 16.5. The minimum atomic E-state index is 0.914. The van der Waals surface area contributed by atoms with Crippen LogP contribution in [0.3, 0.4) is 0 Å². The van der Waals surface area contributed by atoms with Gasteiger partial charge in [0, 0.05) is 30.1 Å². The van der Waals surface area contributed by atoms with Crippen LogP contribution in [-0.2, 0) is 12.8 Å². The molecule has 0 aliphatic carbocycles. The van der Waals surface area contributed by atoms with Gasteiger partial charge in [0.1, 0.15) is 5.75 Å². The highest BCUT2D eigenvalue weighted by Crippen LogP contribution is 2.33. The van der Waals surface area contributed by atoms with E-state index in [1.807, 2.05) is 18.3 Å². The zero-order valence-corrected chi connectivity index (χ0v) is 14.0. The largest absolute Gasteiger partial charge is 0.497 e. The number of hydrogen-bond acceptors (Lipinski definition) is 3. The Morgan fingerprint density at radius 1 is 1.08 bits per heavy atom. The summed E-state index contributed by atoms with van der Waals surface area (Å²) in [4.78, 5) is 7.23. The summed E-state index contributed by atoms with van der Waals surface area (Å²) in [5.74, 6) is 0.914. The number of aromatic nitrogens is 1. The van der Waals surface area contributed by atoms with Crippen molar-refractivity contribution < 1.29 is 4.74 Å². The highest BCUT2D eigenvalue weighted by molar-refractivity contribution is 5.95. The van der Waals surface area contributed by atoms with Crippen molar-refractivity contribution in [1.82, 2.24) is 4.98 Å². The van der Waals surface area contributed by atoms with E-state index in [1.165, 1.54) is 34.1 Å². The average Bonchev–Trinajstić information content (AvgIpc) is 2.66. The van der Waals surface area contributed by atoms with Crippen molar-refractivity contribution in [3.63, 3.8) is 0 Å². The number of fused-ring (bicyclic) bond motifs is 3. The summed E-state index contributed by atoms with van der Waals surface area (Å²) < 4.78 is 5.24. The molecule has 122 valence electrons. The topological polar surface area (TPSA) is 25.4 Å². The van der Waals surface area contributed by atoms with Gasteiger partial charge >= 0.3 is 0 Å². The van der Waals surface area contributed by atoms with Crippen molar-refractivity contribution in [2.75, 3.05) is 25.1 Å². The highest BCUT2D eigenvalue weighted by Gasteiger charge is 2.20. The smallest absolute Gasteiger partial charge is 0.118 e. The first-order chi connectivity index (χ1) is 11.8. The number of methoxy groups -OCH3 is 1. The molecular weight excluding hydrogens is 296 g/mol. The van der Waals surface area contributed by atoms with E-state index in [-0.39, 0.29) is 0 Å². The Kier molecular flexibility index (Phi) is 4.08. The van der Waals surface area contributed by atoms with Crippen molar-refractivity contribution in [3.05, 3.63) is 66.0 Å². The quantitative estimate of drug-likeness (QED) is 0.719. The third-order valence-electron chi connectivity index (χ3n) is 4.84. The Labute approximate surface area is 142 Å². The summed E-state index contributed by atoms with van der Waals surface area (Å²) in [5.41, 5.74) is 3.93. The predicted molar refractivity (Wildman–Crippen MR) is 99.0 cm³/mol. The Bertz CT molecular complexity index is 842. The van der Waals surface area contributed by atoms with Gasteiger partial charge in [0.15, 0.2) is 0 Å². The minimum absolute atomic E-state index is 0.914. The molecule has 0 bridgehead atoms. The number of pyridine rings is 1. The third kappa shape index (κ3) is 2.82. The standard InChI is InChI=1S/C21H22N2O/c1-24-18-10-8-16(9-11-18)12-14-23-13-4-7-20-21(23)19-6-3-2-5-17(19)15-22-20/h2-3,5-6,8-11,15H,4,7,12-14H2,1H3. The van der Waals surface area contributed by atoms with Gasteiger partial charge in [-0.15, -0.1) is 0 Å². The summed E-state index contributed by atoms with van der Waals surface area (Å²) in [5, 5.41) is 2.56. The second kappa shape index (κ2) is 6.52. The molecule has 0 N–H and O–H groups in total. The van der Waals surface area contributed by atoms with Crippen LogP contribution >= 0.6 is 0 Å². The molecular formula is C21H22N2O. The van der Waals surface area contributed by atoms with Crippen LogP contribution in [0.1, 0.15) is 17.7 Å². The lowest BCUT2D eigenvalue weighted by Gasteiger charge is -2.32. The zero-order chi connectivity index (χ0) is 16.4. The molecule has 0 radical (unpaired) electrons. The van der Waals surface area contributed by atoms with E-state index in [9.17, 15) is 0 Å². The number of benzene rings is 2. The fourth-order valence-corrected chi connectivity index (χ4v) is 3.55. The summed E-state index contributed by atoms with van der Waals surface area (Å²) in [6.45, 7) is 2.13. The van der Waals surface area contributed by atoms with Crippen LogP contribution < -0.4 is 9.64 Å². The average molecular weight is 318 g/mol. The molecule has 24 heavy (non-hydrogen) atoms. The lowest BCUT2D eigenvalue weighted by molar-refractivity contribution is 0.414. The van der Waals surface area contributed by atoms with Crippen molar-refractivity contribution in [2.24, 2.45) is 0 Å². The fraction of sp³-hybridized carbons (Fsp3) is 0.286. The maximum absolute atomic E-state index is 5.24. The summed E-state index contributed by atoms with van der Waals surface area (Å²) >= 11 is 0. The minimum Gasteiger partial charge on any atom is -0.497 e. The first-order valence-electron chi connectivity index (χ1n) is 8.59. The van der Waals surface area contributed by atoms with Crippen LogP contribution in [0, 0.1) is 0 Å². The molecule has 3 heteroatoms. The molecule has 0 unspecified atom stereocenters. The van der Waals surface area contributed by atoms with Crippen LogP contribution in [-0.4, -0.2) is 25.2 Å². The Hall–Kier alpha value is -2.55. The SMILES string of the molecule is COc1ccc(CCN2CCCc3ncc4ccccc4c32)cc1. The van der Waals surface area contributed by atoms with E-state index < -0.39 is 0 Å². The van der Waals surface area contributed by atoms with Crippen molar-refractivity contribution in [1.29, 1.82) is 0 Å². The molecule has 0 saturated heterocycles. The van der Waals surface area contributed by atoms with Crippen LogP contribution in [0.5, 0.6) is 5.75 Å². The van der Waals surface area contributed by atoms with Gasteiger partial charge in [-0.1, -0.05) is 36.4 Å². The molecule has 4 rings (SSSR count). The van der Waals surface area contributed by atoms with Gasteiger partial charge in [-0.2, -0.15) is 0 Å². The number of rotatable bonds is 4. The van der Waals surface area contributed by atoms with E-state index in [2.05, 4.69) is 41.3 Å². The maximum atomic E-state index is 5.24. The van der Waals surface area contributed by atoms with Crippen LogP contribution in [0.15, 0.2) is 54.7 Å². The Morgan fingerprint density at radius 3 is 2.75 bits per heavy atom. The molecule has 1 aromatic heterocycles. The molecule has 1 aliphatic rings. The van der Waals surface area contributed by atoms with Crippen molar-refractivity contribution in [2.45, 2.75) is 19.3 Å². The van der Waals surface area contributed by atoms with Gasteiger partial charge < -0.3 is 9.64 Å². The maximum Gasteiger partial charge on any atom is 0.118 e. The third-order valence-corrected chi connectivity index (χ3v) is 4.84. The van der Waals surface area contributed by atoms with E-state index >= 15 is 0 Å². The molecule has 3 nitrogen and oxygen atoms in total. The Balaban J connectivity index is 1.60. The molecule has 0 atom stereocenters. The molecule has 3 aromatic rings. The first-order valence-corrected chi connectivity index (χ1v) is 8.59. The number of aryl methyl sites for hydroxylation is 1. The summed E-state index contributed by atoms with van der Waals surface area (Å²) in [6.07, 6.45) is 5.31. The molecule has 1 aliphatic heterocycles. The fourth-order valence-electron chi connectivity index (χ4n) is 3.55.